The van der Waals surface area contributed by atoms with Gasteiger partial charge in [0, 0.05) is 13.2 Å². The van der Waals surface area contributed by atoms with Crippen LogP contribution in [0.25, 0.3) is 0 Å². The zero-order valence-corrected chi connectivity index (χ0v) is 11.9. The predicted octanol–water partition coefficient (Wildman–Crippen LogP) is 3.39. The van der Waals surface area contributed by atoms with Crippen molar-refractivity contribution in [3.8, 4) is 0 Å². The number of hydrogen-bond donors (Lipinski definition) is 1. The molecule has 1 atom stereocenters. The normalized spacial score (nSPS) is 25.8. The van der Waals surface area contributed by atoms with E-state index in [0.717, 1.165) is 19.3 Å². The topological polar surface area (TPSA) is 55.8 Å². The lowest BCUT2D eigenvalue weighted by Gasteiger charge is -2.14. The molecule has 0 bridgehead atoms. The molecule has 1 fully saturated rings. The van der Waals surface area contributed by atoms with Gasteiger partial charge in [-0.05, 0) is 12.8 Å². The molecule has 0 saturated carbocycles. The van der Waals surface area contributed by atoms with E-state index in [1.54, 1.807) is 0 Å². The Bertz CT molecular complexity index is 214. The zero-order chi connectivity index (χ0) is 13.8. The summed E-state index contributed by atoms with van der Waals surface area (Å²) in [6, 6.07) is 0. The van der Waals surface area contributed by atoms with Crippen LogP contribution in [-0.2, 0) is 14.3 Å². The summed E-state index contributed by atoms with van der Waals surface area (Å²) in [6.07, 6.45) is 11.3. The molecule has 1 aliphatic heterocycles. The van der Waals surface area contributed by atoms with Gasteiger partial charge in [-0.3, -0.25) is 0 Å². The number of rotatable bonds is 1. The highest BCUT2D eigenvalue weighted by Crippen LogP contribution is 2.11. The molecule has 1 unspecified atom stereocenters. The molecule has 4 nitrogen and oxygen atoms in total. The van der Waals surface area contributed by atoms with Crippen LogP contribution in [0.1, 0.15) is 64.2 Å². The second-order valence-electron chi connectivity index (χ2n) is 5.31. The molecule has 1 saturated heterocycles. The van der Waals surface area contributed by atoms with Crippen LogP contribution in [0.5, 0.6) is 0 Å². The Balaban J connectivity index is 2.25. The van der Waals surface area contributed by atoms with Crippen LogP contribution < -0.4 is 0 Å². The lowest BCUT2D eigenvalue weighted by molar-refractivity contribution is -0.154. The van der Waals surface area contributed by atoms with Crippen LogP contribution in [0.4, 0.5) is 0 Å². The van der Waals surface area contributed by atoms with E-state index in [9.17, 15) is 4.79 Å². The Labute approximate surface area is 116 Å². The first-order valence-electron chi connectivity index (χ1n) is 7.73. The average Bonchev–Trinajstić information content (AvgIpc) is 2.38. The number of carbonyl (C=O) groups is 1. The van der Waals surface area contributed by atoms with E-state index >= 15 is 0 Å². The SMILES string of the molecule is O=C(O)C1COCCCCCCCCCCCCO1. The predicted molar refractivity (Wildman–Crippen MR) is 74.4 cm³/mol. The van der Waals surface area contributed by atoms with Crippen molar-refractivity contribution in [3.63, 3.8) is 0 Å². The number of ether oxygens (including phenoxy) is 2. The zero-order valence-electron chi connectivity index (χ0n) is 11.9. The van der Waals surface area contributed by atoms with Gasteiger partial charge >= 0.3 is 5.97 Å². The number of carboxylic acids is 1. The third kappa shape index (κ3) is 9.00. The first-order chi connectivity index (χ1) is 9.30. The Morgan fingerprint density at radius 3 is 1.79 bits per heavy atom. The summed E-state index contributed by atoms with van der Waals surface area (Å²) in [5, 5.41) is 9.02. The van der Waals surface area contributed by atoms with Crippen molar-refractivity contribution in [1.29, 1.82) is 0 Å². The second-order valence-corrected chi connectivity index (χ2v) is 5.31. The van der Waals surface area contributed by atoms with E-state index in [1.165, 1.54) is 44.9 Å². The van der Waals surface area contributed by atoms with Crippen molar-refractivity contribution in [2.45, 2.75) is 70.3 Å². The number of carboxylic acid groups (broad SMARTS) is 1. The van der Waals surface area contributed by atoms with Crippen molar-refractivity contribution < 1.29 is 19.4 Å². The fraction of sp³-hybridized carbons (Fsp3) is 0.933. The first kappa shape index (κ1) is 16.4. The van der Waals surface area contributed by atoms with Crippen molar-refractivity contribution in [3.05, 3.63) is 0 Å². The van der Waals surface area contributed by atoms with Crippen LogP contribution in [0, 0.1) is 0 Å². The molecule has 1 rings (SSSR count). The Morgan fingerprint density at radius 2 is 1.26 bits per heavy atom. The second kappa shape index (κ2) is 11.2. The molecule has 1 N–H and O–H groups in total. The van der Waals surface area contributed by atoms with Crippen molar-refractivity contribution in [2.24, 2.45) is 0 Å². The monoisotopic (exact) mass is 272 g/mol. The van der Waals surface area contributed by atoms with Gasteiger partial charge in [-0.1, -0.05) is 51.4 Å². The van der Waals surface area contributed by atoms with Gasteiger partial charge in [-0.15, -0.1) is 0 Å². The van der Waals surface area contributed by atoms with Gasteiger partial charge in [0.05, 0.1) is 6.61 Å². The number of hydrogen-bond acceptors (Lipinski definition) is 3. The van der Waals surface area contributed by atoms with Crippen LogP contribution in [0.15, 0.2) is 0 Å². The van der Waals surface area contributed by atoms with Crippen molar-refractivity contribution >= 4 is 5.97 Å². The molecule has 1 heterocycles. The maximum absolute atomic E-state index is 11.0. The van der Waals surface area contributed by atoms with Crippen LogP contribution in [0.3, 0.4) is 0 Å². The van der Waals surface area contributed by atoms with Gasteiger partial charge < -0.3 is 14.6 Å². The highest BCUT2D eigenvalue weighted by molar-refractivity contribution is 5.72. The molecule has 0 spiro atoms. The fourth-order valence-corrected chi connectivity index (χ4v) is 2.33. The summed E-state index contributed by atoms with van der Waals surface area (Å²) in [5.74, 6) is -0.916. The summed E-state index contributed by atoms with van der Waals surface area (Å²) in [6.45, 7) is 1.35. The largest absolute Gasteiger partial charge is 0.479 e. The maximum atomic E-state index is 11.0. The third-order valence-corrected chi connectivity index (χ3v) is 3.55. The van der Waals surface area contributed by atoms with Crippen molar-refractivity contribution in [2.75, 3.05) is 19.8 Å². The molecule has 0 aromatic carbocycles. The van der Waals surface area contributed by atoms with Gasteiger partial charge in [0.1, 0.15) is 0 Å². The van der Waals surface area contributed by atoms with Gasteiger partial charge in [-0.25, -0.2) is 4.79 Å². The summed E-state index contributed by atoms with van der Waals surface area (Å²) in [5.41, 5.74) is 0. The molecule has 0 aromatic heterocycles. The van der Waals surface area contributed by atoms with E-state index in [-0.39, 0.29) is 6.61 Å². The molecule has 4 heteroatoms. The van der Waals surface area contributed by atoms with Gasteiger partial charge in [0.2, 0.25) is 0 Å². The molecule has 0 aliphatic carbocycles. The maximum Gasteiger partial charge on any atom is 0.335 e. The minimum absolute atomic E-state index is 0.176. The molecule has 1 aliphatic rings. The first-order valence-corrected chi connectivity index (χ1v) is 7.73. The highest BCUT2D eigenvalue weighted by atomic mass is 16.5. The van der Waals surface area contributed by atoms with Gasteiger partial charge in [0.25, 0.3) is 0 Å². The molecule has 19 heavy (non-hydrogen) atoms. The number of aliphatic carboxylic acids is 1. The summed E-state index contributed by atoms with van der Waals surface area (Å²) in [7, 11) is 0. The molecule has 0 amide bonds. The smallest absolute Gasteiger partial charge is 0.335 e. The summed E-state index contributed by atoms with van der Waals surface area (Å²) < 4.78 is 10.8. The van der Waals surface area contributed by atoms with Gasteiger partial charge in [0.15, 0.2) is 6.10 Å². The summed E-state index contributed by atoms with van der Waals surface area (Å²) in [4.78, 5) is 11.0. The Morgan fingerprint density at radius 1 is 0.789 bits per heavy atom. The quantitative estimate of drug-likeness (QED) is 0.795. The highest BCUT2D eigenvalue weighted by Gasteiger charge is 2.17. The fourth-order valence-electron chi connectivity index (χ4n) is 2.33. The average molecular weight is 272 g/mol. The standard InChI is InChI=1S/C15H28O4/c16-15(17)14-13-18-11-9-7-5-3-1-2-4-6-8-10-12-19-14/h14H,1-13H2,(H,16,17). The van der Waals surface area contributed by atoms with Crippen LogP contribution >= 0.6 is 0 Å². The molecular formula is C15H28O4. The molecular weight excluding hydrogens is 244 g/mol. The minimum atomic E-state index is -0.916. The van der Waals surface area contributed by atoms with Gasteiger partial charge in [-0.2, -0.15) is 0 Å². The van der Waals surface area contributed by atoms with E-state index in [2.05, 4.69) is 0 Å². The minimum Gasteiger partial charge on any atom is -0.479 e. The van der Waals surface area contributed by atoms with E-state index in [1.807, 2.05) is 0 Å². The Hall–Kier alpha value is -0.610. The molecule has 0 radical (unpaired) electrons. The Kier molecular flexibility index (Phi) is 9.72. The van der Waals surface area contributed by atoms with E-state index in [0.29, 0.717) is 13.2 Å². The lowest BCUT2D eigenvalue weighted by atomic mass is 10.1. The summed E-state index contributed by atoms with van der Waals surface area (Å²) >= 11 is 0. The third-order valence-electron chi connectivity index (χ3n) is 3.55. The molecule has 112 valence electrons. The van der Waals surface area contributed by atoms with Crippen LogP contribution in [-0.4, -0.2) is 37.0 Å². The lowest BCUT2D eigenvalue weighted by Crippen LogP contribution is -2.29. The van der Waals surface area contributed by atoms with E-state index in [4.69, 9.17) is 14.6 Å². The van der Waals surface area contributed by atoms with Crippen LogP contribution in [0.2, 0.25) is 0 Å². The van der Waals surface area contributed by atoms with E-state index < -0.39 is 12.1 Å². The molecule has 0 aromatic rings. The van der Waals surface area contributed by atoms with Crippen molar-refractivity contribution in [1.82, 2.24) is 0 Å².